The minimum absolute atomic E-state index is 0.189. The average Bonchev–Trinajstić information content (AvgIpc) is 3.08. The SMILES string of the molecule is CNC(=O)NC(=O)CCSc1nnc(-c2cccs2)o1. The molecule has 2 aromatic heterocycles. The van der Waals surface area contributed by atoms with Gasteiger partial charge in [-0.1, -0.05) is 17.8 Å². The highest BCUT2D eigenvalue weighted by atomic mass is 32.2. The van der Waals surface area contributed by atoms with Gasteiger partial charge >= 0.3 is 6.03 Å². The first-order valence-electron chi connectivity index (χ1n) is 5.71. The van der Waals surface area contributed by atoms with Crippen LogP contribution in [0.25, 0.3) is 10.8 Å². The molecule has 0 aromatic carbocycles. The number of hydrogen-bond acceptors (Lipinski definition) is 7. The van der Waals surface area contributed by atoms with E-state index >= 15 is 0 Å². The van der Waals surface area contributed by atoms with Gasteiger partial charge in [0, 0.05) is 19.2 Å². The fourth-order valence-electron chi connectivity index (χ4n) is 1.25. The van der Waals surface area contributed by atoms with Gasteiger partial charge in [-0.2, -0.15) is 0 Å². The Hall–Kier alpha value is -1.87. The van der Waals surface area contributed by atoms with Crippen LogP contribution in [0.4, 0.5) is 4.79 Å². The number of imide groups is 1. The molecular weight excluding hydrogens is 300 g/mol. The summed E-state index contributed by atoms with van der Waals surface area (Å²) in [6.07, 6.45) is 0.189. The van der Waals surface area contributed by atoms with Crippen LogP contribution in [0, 0.1) is 0 Å². The summed E-state index contributed by atoms with van der Waals surface area (Å²) < 4.78 is 5.45. The Kier molecular flexibility index (Phi) is 5.13. The van der Waals surface area contributed by atoms with E-state index in [2.05, 4.69) is 20.8 Å². The van der Waals surface area contributed by atoms with Crippen LogP contribution in [0.5, 0.6) is 0 Å². The first-order valence-corrected chi connectivity index (χ1v) is 7.57. The number of nitrogens with zero attached hydrogens (tertiary/aromatic N) is 2. The highest BCUT2D eigenvalue weighted by Gasteiger charge is 2.11. The van der Waals surface area contributed by atoms with Gasteiger partial charge in [0.15, 0.2) is 0 Å². The number of nitrogens with one attached hydrogen (secondary N) is 2. The molecule has 2 aromatic rings. The second-order valence-corrected chi connectivity index (χ2v) is 5.57. The molecule has 0 fully saturated rings. The molecule has 2 rings (SSSR count). The lowest BCUT2D eigenvalue weighted by Gasteiger charge is -2.01. The molecule has 2 heterocycles. The zero-order valence-electron chi connectivity index (χ0n) is 10.6. The highest BCUT2D eigenvalue weighted by molar-refractivity contribution is 7.99. The van der Waals surface area contributed by atoms with Crippen LogP contribution in [0.1, 0.15) is 6.42 Å². The largest absolute Gasteiger partial charge is 0.410 e. The Bertz CT molecular complexity index is 582. The van der Waals surface area contributed by atoms with Crippen LogP contribution in [0.2, 0.25) is 0 Å². The lowest BCUT2D eigenvalue weighted by Crippen LogP contribution is -2.37. The van der Waals surface area contributed by atoms with Crippen molar-refractivity contribution in [1.29, 1.82) is 0 Å². The Balaban J connectivity index is 1.77. The number of carbonyl (C=O) groups is 2. The summed E-state index contributed by atoms with van der Waals surface area (Å²) >= 11 is 2.79. The maximum absolute atomic E-state index is 11.3. The van der Waals surface area contributed by atoms with Gasteiger partial charge in [0.2, 0.25) is 5.91 Å². The zero-order chi connectivity index (χ0) is 14.4. The van der Waals surface area contributed by atoms with Gasteiger partial charge in [-0.15, -0.1) is 21.5 Å². The minimum Gasteiger partial charge on any atom is -0.410 e. The van der Waals surface area contributed by atoms with Crippen LogP contribution in [0.3, 0.4) is 0 Å². The van der Waals surface area contributed by atoms with E-state index in [0.29, 0.717) is 16.9 Å². The monoisotopic (exact) mass is 312 g/mol. The van der Waals surface area contributed by atoms with E-state index in [9.17, 15) is 9.59 Å². The maximum Gasteiger partial charge on any atom is 0.321 e. The van der Waals surface area contributed by atoms with E-state index in [-0.39, 0.29) is 12.3 Å². The average molecular weight is 312 g/mol. The number of amides is 3. The predicted octanol–water partition coefficient (Wildman–Crippen LogP) is 1.74. The van der Waals surface area contributed by atoms with Crippen molar-refractivity contribution in [1.82, 2.24) is 20.8 Å². The quantitative estimate of drug-likeness (QED) is 0.816. The van der Waals surface area contributed by atoms with Crippen molar-refractivity contribution in [3.8, 4) is 10.8 Å². The van der Waals surface area contributed by atoms with E-state index in [0.717, 1.165) is 4.88 Å². The molecule has 0 saturated heterocycles. The molecule has 0 saturated carbocycles. The summed E-state index contributed by atoms with van der Waals surface area (Å²) in [6.45, 7) is 0. The summed E-state index contributed by atoms with van der Waals surface area (Å²) in [7, 11) is 1.45. The maximum atomic E-state index is 11.3. The molecule has 0 radical (unpaired) electrons. The molecule has 0 aliphatic carbocycles. The van der Waals surface area contributed by atoms with Crippen molar-refractivity contribution in [2.24, 2.45) is 0 Å². The van der Waals surface area contributed by atoms with Gasteiger partial charge in [0.25, 0.3) is 11.1 Å². The number of hydrogen-bond donors (Lipinski definition) is 2. The van der Waals surface area contributed by atoms with Crippen molar-refractivity contribution in [3.05, 3.63) is 17.5 Å². The van der Waals surface area contributed by atoms with Gasteiger partial charge in [0.05, 0.1) is 4.88 Å². The molecule has 106 valence electrons. The third-order valence-electron chi connectivity index (χ3n) is 2.17. The Labute approximate surface area is 123 Å². The van der Waals surface area contributed by atoms with Crippen LogP contribution < -0.4 is 10.6 Å². The summed E-state index contributed by atoms with van der Waals surface area (Å²) in [4.78, 5) is 23.1. The molecule has 7 nitrogen and oxygen atoms in total. The molecule has 0 atom stereocenters. The summed E-state index contributed by atoms with van der Waals surface area (Å²) in [5.41, 5.74) is 0. The van der Waals surface area contributed by atoms with Gasteiger partial charge in [-0.25, -0.2) is 4.79 Å². The number of carbonyl (C=O) groups excluding carboxylic acids is 2. The molecule has 20 heavy (non-hydrogen) atoms. The number of thioether (sulfide) groups is 1. The number of urea groups is 1. The van der Waals surface area contributed by atoms with E-state index in [4.69, 9.17) is 4.42 Å². The van der Waals surface area contributed by atoms with Crippen molar-refractivity contribution in [3.63, 3.8) is 0 Å². The molecule has 0 bridgehead atoms. The van der Waals surface area contributed by atoms with Crippen molar-refractivity contribution in [2.75, 3.05) is 12.8 Å². The molecule has 2 N–H and O–H groups in total. The second kappa shape index (κ2) is 7.06. The summed E-state index contributed by atoms with van der Waals surface area (Å²) in [6, 6.07) is 3.28. The predicted molar refractivity (Wildman–Crippen MR) is 75.6 cm³/mol. The molecule has 0 unspecified atom stereocenters. The number of aromatic nitrogens is 2. The van der Waals surface area contributed by atoms with Crippen LogP contribution in [-0.2, 0) is 4.79 Å². The fourth-order valence-corrected chi connectivity index (χ4v) is 2.59. The molecular formula is C11H12N4O3S2. The Morgan fingerprint density at radius 3 is 3.00 bits per heavy atom. The highest BCUT2D eigenvalue weighted by Crippen LogP contribution is 2.26. The number of thiophene rings is 1. The molecule has 0 aliphatic heterocycles. The standard InChI is InChI=1S/C11H12N4O3S2/c1-12-10(17)13-8(16)4-6-20-11-15-14-9(18-11)7-3-2-5-19-7/h2-3,5H,4,6H2,1H3,(H2,12,13,16,17). The lowest BCUT2D eigenvalue weighted by atomic mass is 10.4. The van der Waals surface area contributed by atoms with Gasteiger partial charge in [0.1, 0.15) is 0 Å². The van der Waals surface area contributed by atoms with Crippen molar-refractivity contribution < 1.29 is 14.0 Å². The van der Waals surface area contributed by atoms with E-state index in [1.165, 1.54) is 30.1 Å². The molecule has 9 heteroatoms. The summed E-state index contributed by atoms with van der Waals surface area (Å²) in [5.74, 6) is 0.571. The van der Waals surface area contributed by atoms with Crippen LogP contribution in [0.15, 0.2) is 27.2 Å². The first kappa shape index (κ1) is 14.5. The van der Waals surface area contributed by atoms with Gasteiger partial charge in [-0.05, 0) is 11.4 Å². The van der Waals surface area contributed by atoms with Gasteiger partial charge in [-0.3, -0.25) is 10.1 Å². The van der Waals surface area contributed by atoms with Crippen molar-refractivity contribution in [2.45, 2.75) is 11.6 Å². The fraction of sp³-hybridized carbons (Fsp3) is 0.273. The van der Waals surface area contributed by atoms with Crippen LogP contribution >= 0.6 is 23.1 Å². The van der Waals surface area contributed by atoms with Crippen molar-refractivity contribution >= 4 is 35.0 Å². The summed E-state index contributed by atoms with van der Waals surface area (Å²) in [5, 5.41) is 14.6. The lowest BCUT2D eigenvalue weighted by molar-refractivity contribution is -0.119. The van der Waals surface area contributed by atoms with Gasteiger partial charge < -0.3 is 9.73 Å². The minimum atomic E-state index is -0.516. The molecule has 3 amide bonds. The Morgan fingerprint density at radius 1 is 1.45 bits per heavy atom. The third-order valence-corrected chi connectivity index (χ3v) is 3.85. The number of rotatable bonds is 5. The topological polar surface area (TPSA) is 97.1 Å². The molecule has 0 aliphatic rings. The van der Waals surface area contributed by atoms with E-state index in [1.54, 1.807) is 0 Å². The smallest absolute Gasteiger partial charge is 0.321 e. The van der Waals surface area contributed by atoms with E-state index < -0.39 is 6.03 Å². The van der Waals surface area contributed by atoms with E-state index in [1.807, 2.05) is 17.5 Å². The Morgan fingerprint density at radius 2 is 2.30 bits per heavy atom. The molecule has 0 spiro atoms. The van der Waals surface area contributed by atoms with Crippen LogP contribution in [-0.4, -0.2) is 34.9 Å². The first-order chi connectivity index (χ1) is 9.69. The third kappa shape index (κ3) is 4.07. The second-order valence-electron chi connectivity index (χ2n) is 3.58. The normalized spacial score (nSPS) is 10.2. The zero-order valence-corrected chi connectivity index (χ0v) is 12.2.